The molecule has 2 heterocycles. The molecule has 2 aliphatic heterocycles. The molecule has 2 N–H and O–H groups in total. The number of nitrogens with two attached hydrogens (primary N) is 1. The van der Waals surface area contributed by atoms with Crippen LogP contribution in [0.4, 0.5) is 0 Å². The fourth-order valence-corrected chi connectivity index (χ4v) is 4.96. The van der Waals surface area contributed by atoms with Gasteiger partial charge >= 0.3 is 0 Å². The van der Waals surface area contributed by atoms with Crippen LogP contribution in [0.2, 0.25) is 0 Å². The zero-order chi connectivity index (χ0) is 20.8. The van der Waals surface area contributed by atoms with E-state index < -0.39 is 6.04 Å². The molecule has 0 aromatic heterocycles. The number of hydrogen-bond donors (Lipinski definition) is 1. The first kappa shape index (κ1) is 22.3. The van der Waals surface area contributed by atoms with Gasteiger partial charge in [-0.1, -0.05) is 39.0 Å². The van der Waals surface area contributed by atoms with Gasteiger partial charge in [-0.3, -0.25) is 9.69 Å². The highest BCUT2D eigenvalue weighted by Crippen LogP contribution is 2.19. The van der Waals surface area contributed by atoms with Gasteiger partial charge in [0.05, 0.1) is 6.04 Å². The normalized spacial score (nSPS) is 20.8. The van der Waals surface area contributed by atoms with Gasteiger partial charge in [0.1, 0.15) is 0 Å². The van der Waals surface area contributed by atoms with Gasteiger partial charge in [0.2, 0.25) is 5.91 Å². The largest absolute Gasteiger partial charge is 0.339 e. The number of aryl methyl sites for hydroxylation is 2. The second-order valence-electron chi connectivity index (χ2n) is 8.65. The monoisotopic (exact) mass is 400 g/mol. The molecule has 0 radical (unpaired) electrons. The lowest BCUT2D eigenvalue weighted by Gasteiger charge is -2.43. The zero-order valence-electron chi connectivity index (χ0n) is 18.7. The van der Waals surface area contributed by atoms with E-state index in [0.717, 1.165) is 45.6 Å². The van der Waals surface area contributed by atoms with Crippen molar-refractivity contribution < 1.29 is 4.79 Å². The van der Waals surface area contributed by atoms with Crippen molar-refractivity contribution in [3.05, 3.63) is 34.9 Å². The predicted octanol–water partition coefficient (Wildman–Crippen LogP) is 2.31. The minimum atomic E-state index is -0.438. The highest BCUT2D eigenvalue weighted by atomic mass is 16.2. The molecule has 1 aromatic carbocycles. The maximum absolute atomic E-state index is 12.9. The molecule has 0 aliphatic carbocycles. The fraction of sp³-hybridized carbons (Fsp3) is 0.708. The van der Waals surface area contributed by atoms with Crippen LogP contribution < -0.4 is 5.73 Å². The lowest BCUT2D eigenvalue weighted by Crippen LogP contribution is -2.56. The van der Waals surface area contributed by atoms with Gasteiger partial charge < -0.3 is 15.5 Å². The minimum absolute atomic E-state index is 0.114. The number of nitrogens with zero attached hydrogens (tertiary/aromatic N) is 3. The maximum Gasteiger partial charge on any atom is 0.239 e. The van der Waals surface area contributed by atoms with Crippen molar-refractivity contribution in [3.63, 3.8) is 0 Å². The molecular formula is C24H40N4O. The van der Waals surface area contributed by atoms with Crippen molar-refractivity contribution in [3.8, 4) is 0 Å². The molecule has 2 fully saturated rings. The minimum Gasteiger partial charge on any atom is -0.339 e. The second kappa shape index (κ2) is 10.6. The first-order valence-corrected chi connectivity index (χ1v) is 11.7. The summed E-state index contributed by atoms with van der Waals surface area (Å²) in [6, 6.07) is 6.84. The number of rotatable bonds is 7. The number of benzene rings is 1. The maximum atomic E-state index is 12.9. The third kappa shape index (κ3) is 5.59. The molecular weight excluding hydrogens is 360 g/mol. The SMILES string of the molecule is CCc1ccc(C[C@@H](N)C(=O)N2CCN(C3CCN(CC)CC3)CC2)cc1CC. The number of hydrogen-bond acceptors (Lipinski definition) is 4. The zero-order valence-corrected chi connectivity index (χ0v) is 18.7. The molecule has 162 valence electrons. The summed E-state index contributed by atoms with van der Waals surface area (Å²) in [6.45, 7) is 13.8. The van der Waals surface area contributed by atoms with Gasteiger partial charge in [-0.25, -0.2) is 0 Å². The molecule has 2 aliphatic rings. The van der Waals surface area contributed by atoms with Crippen molar-refractivity contribution in [1.82, 2.24) is 14.7 Å². The van der Waals surface area contributed by atoms with Crippen molar-refractivity contribution in [2.24, 2.45) is 5.73 Å². The topological polar surface area (TPSA) is 52.8 Å². The highest BCUT2D eigenvalue weighted by Gasteiger charge is 2.30. The van der Waals surface area contributed by atoms with Crippen molar-refractivity contribution in [2.45, 2.75) is 65.0 Å². The van der Waals surface area contributed by atoms with Crippen LogP contribution in [0.15, 0.2) is 18.2 Å². The van der Waals surface area contributed by atoms with Crippen LogP contribution in [-0.4, -0.2) is 78.5 Å². The summed E-state index contributed by atoms with van der Waals surface area (Å²) >= 11 is 0. The Bertz CT molecular complexity index is 661. The van der Waals surface area contributed by atoms with Crippen LogP contribution in [0, 0.1) is 0 Å². The van der Waals surface area contributed by atoms with Gasteiger partial charge in [0.25, 0.3) is 0 Å². The second-order valence-corrected chi connectivity index (χ2v) is 8.65. The van der Waals surface area contributed by atoms with Gasteiger partial charge in [-0.05, 0) is 68.4 Å². The molecule has 1 aromatic rings. The van der Waals surface area contributed by atoms with Gasteiger partial charge in [0.15, 0.2) is 0 Å². The van der Waals surface area contributed by atoms with E-state index in [1.54, 1.807) is 0 Å². The summed E-state index contributed by atoms with van der Waals surface area (Å²) in [6.07, 6.45) is 5.23. The number of piperidine rings is 1. The molecule has 2 saturated heterocycles. The van der Waals surface area contributed by atoms with E-state index in [2.05, 4.69) is 48.8 Å². The molecule has 29 heavy (non-hydrogen) atoms. The summed E-state index contributed by atoms with van der Waals surface area (Å²) in [7, 11) is 0. The fourth-order valence-electron chi connectivity index (χ4n) is 4.96. The third-order valence-electron chi connectivity index (χ3n) is 6.95. The van der Waals surface area contributed by atoms with E-state index >= 15 is 0 Å². The van der Waals surface area contributed by atoms with Crippen LogP contribution in [0.5, 0.6) is 0 Å². The van der Waals surface area contributed by atoms with E-state index in [0.29, 0.717) is 12.5 Å². The lowest BCUT2D eigenvalue weighted by atomic mass is 9.96. The summed E-state index contributed by atoms with van der Waals surface area (Å²) in [4.78, 5) is 20.0. The van der Waals surface area contributed by atoms with Crippen LogP contribution >= 0.6 is 0 Å². The molecule has 0 saturated carbocycles. The Morgan fingerprint density at radius 2 is 1.66 bits per heavy atom. The van der Waals surface area contributed by atoms with Crippen LogP contribution in [0.3, 0.4) is 0 Å². The molecule has 0 spiro atoms. The summed E-state index contributed by atoms with van der Waals surface area (Å²) in [5, 5.41) is 0. The molecule has 1 atom stereocenters. The van der Waals surface area contributed by atoms with E-state index in [9.17, 15) is 4.79 Å². The average Bonchev–Trinajstić information content (AvgIpc) is 2.78. The Morgan fingerprint density at radius 1 is 1.00 bits per heavy atom. The molecule has 0 unspecified atom stereocenters. The summed E-state index contributed by atoms with van der Waals surface area (Å²) in [5.41, 5.74) is 10.3. The van der Waals surface area contributed by atoms with Gasteiger partial charge in [-0.15, -0.1) is 0 Å². The Morgan fingerprint density at radius 3 is 2.24 bits per heavy atom. The van der Waals surface area contributed by atoms with Crippen LogP contribution in [0.25, 0.3) is 0 Å². The van der Waals surface area contributed by atoms with E-state index in [-0.39, 0.29) is 5.91 Å². The summed E-state index contributed by atoms with van der Waals surface area (Å²) in [5.74, 6) is 0.114. The molecule has 5 nitrogen and oxygen atoms in total. The van der Waals surface area contributed by atoms with Crippen LogP contribution in [-0.2, 0) is 24.1 Å². The lowest BCUT2D eigenvalue weighted by molar-refractivity contribution is -0.134. The van der Waals surface area contributed by atoms with Crippen molar-refractivity contribution >= 4 is 5.91 Å². The first-order chi connectivity index (χ1) is 14.0. The average molecular weight is 401 g/mol. The Hall–Kier alpha value is -1.43. The van der Waals surface area contributed by atoms with E-state index in [1.807, 2.05) is 4.90 Å². The Balaban J connectivity index is 1.49. The summed E-state index contributed by atoms with van der Waals surface area (Å²) < 4.78 is 0. The number of likely N-dealkylation sites (tertiary alicyclic amines) is 1. The molecule has 3 rings (SSSR count). The van der Waals surface area contributed by atoms with Crippen LogP contribution in [0.1, 0.15) is 50.3 Å². The number of amides is 1. The van der Waals surface area contributed by atoms with E-state index in [4.69, 9.17) is 5.73 Å². The van der Waals surface area contributed by atoms with Crippen molar-refractivity contribution in [1.29, 1.82) is 0 Å². The number of carbonyl (C=O) groups is 1. The number of carbonyl (C=O) groups excluding carboxylic acids is 1. The third-order valence-corrected chi connectivity index (χ3v) is 6.95. The molecule has 1 amide bonds. The van der Waals surface area contributed by atoms with Gasteiger partial charge in [0, 0.05) is 32.2 Å². The highest BCUT2D eigenvalue weighted by molar-refractivity contribution is 5.82. The standard InChI is InChI=1S/C24H40N4O/c1-4-20-8-7-19(17-21(20)5-2)18-23(25)24(29)28-15-13-27(14-16-28)22-9-11-26(6-3)12-10-22/h7-8,17,22-23H,4-6,9-16,18,25H2,1-3H3/t23-/m1/s1. The Kier molecular flexibility index (Phi) is 8.10. The van der Waals surface area contributed by atoms with E-state index in [1.165, 1.54) is 42.6 Å². The molecule has 5 heteroatoms. The first-order valence-electron chi connectivity index (χ1n) is 11.7. The quantitative estimate of drug-likeness (QED) is 0.763. The predicted molar refractivity (Wildman–Crippen MR) is 120 cm³/mol. The smallest absolute Gasteiger partial charge is 0.239 e. The Labute approximate surface area is 177 Å². The molecule has 0 bridgehead atoms. The van der Waals surface area contributed by atoms with Crippen molar-refractivity contribution in [2.75, 3.05) is 45.8 Å². The number of piperazine rings is 1. The van der Waals surface area contributed by atoms with Gasteiger partial charge in [-0.2, -0.15) is 0 Å².